The molecule has 9 nitrogen and oxygen atoms in total. The van der Waals surface area contributed by atoms with E-state index < -0.39 is 23.4 Å². The molecule has 1 fully saturated rings. The fraction of sp³-hybridized carbons (Fsp3) is 0.263. The molecule has 11 heteroatoms. The lowest BCUT2D eigenvalue weighted by Gasteiger charge is -2.11. The molecule has 1 amide bonds. The Morgan fingerprint density at radius 1 is 1.43 bits per heavy atom. The van der Waals surface area contributed by atoms with Crippen LogP contribution in [-0.2, 0) is 9.53 Å². The second-order valence-electron chi connectivity index (χ2n) is 6.41. The second kappa shape index (κ2) is 9.11. The second-order valence-corrected chi connectivity index (χ2v) is 7.61. The Morgan fingerprint density at radius 2 is 2.17 bits per heavy atom. The first-order valence-electron chi connectivity index (χ1n) is 8.74. The number of nitro benzene ring substituents is 1. The van der Waals surface area contributed by atoms with Crippen LogP contribution in [0.25, 0.3) is 0 Å². The van der Waals surface area contributed by atoms with Crippen LogP contribution in [0.2, 0.25) is 5.02 Å². The van der Waals surface area contributed by atoms with E-state index in [2.05, 4.69) is 10.3 Å². The minimum absolute atomic E-state index is 0.0636. The number of ether oxygens (including phenoxy) is 1. The van der Waals surface area contributed by atoms with Crippen LogP contribution >= 0.6 is 23.4 Å². The molecule has 30 heavy (non-hydrogen) atoms. The number of pyridine rings is 1. The zero-order chi connectivity index (χ0) is 21.8. The Balaban J connectivity index is 1.70. The van der Waals surface area contributed by atoms with Gasteiger partial charge in [0, 0.05) is 23.4 Å². The summed E-state index contributed by atoms with van der Waals surface area (Å²) in [5.74, 6) is -1.25. The van der Waals surface area contributed by atoms with Gasteiger partial charge < -0.3 is 10.1 Å². The summed E-state index contributed by atoms with van der Waals surface area (Å²) in [4.78, 5) is 39.3. The zero-order valence-electron chi connectivity index (χ0n) is 15.7. The normalized spacial score (nSPS) is 12.7. The highest BCUT2D eigenvalue weighted by molar-refractivity contribution is 7.98. The Kier molecular flexibility index (Phi) is 6.54. The van der Waals surface area contributed by atoms with Crippen LogP contribution in [0.5, 0.6) is 0 Å². The Morgan fingerprint density at radius 3 is 2.77 bits per heavy atom. The lowest BCUT2D eigenvalue weighted by Crippen LogP contribution is -2.21. The predicted octanol–water partition coefficient (Wildman–Crippen LogP) is 3.91. The van der Waals surface area contributed by atoms with Crippen molar-refractivity contribution in [3.05, 3.63) is 56.2 Å². The predicted molar refractivity (Wildman–Crippen MR) is 110 cm³/mol. The van der Waals surface area contributed by atoms with Crippen LogP contribution in [-0.4, -0.2) is 34.6 Å². The minimum Gasteiger partial charge on any atom is -0.452 e. The fourth-order valence-corrected chi connectivity index (χ4v) is 3.42. The van der Waals surface area contributed by atoms with Crippen LogP contribution in [0.15, 0.2) is 29.3 Å². The van der Waals surface area contributed by atoms with Gasteiger partial charge in [0.1, 0.15) is 16.1 Å². The number of halogens is 1. The Hall–Kier alpha value is -3.16. The number of nitrogens with one attached hydrogen (secondary N) is 1. The lowest BCUT2D eigenvalue weighted by atomic mass is 10.1. The zero-order valence-corrected chi connectivity index (χ0v) is 17.2. The summed E-state index contributed by atoms with van der Waals surface area (Å²) in [7, 11) is 0. The van der Waals surface area contributed by atoms with Gasteiger partial charge in [0.2, 0.25) is 0 Å². The summed E-state index contributed by atoms with van der Waals surface area (Å²) < 4.78 is 5.06. The van der Waals surface area contributed by atoms with E-state index in [0.717, 1.165) is 24.6 Å². The number of nitro groups is 1. The number of benzene rings is 1. The SMILES string of the molecule is CSc1nc(C2CC2)cc(C(=O)OCC(=O)Nc2ccc(Cl)c([N+](=O)[O-])c2)c1C#N. The smallest absolute Gasteiger partial charge is 0.340 e. The van der Waals surface area contributed by atoms with Crippen molar-refractivity contribution < 1.29 is 19.2 Å². The van der Waals surface area contributed by atoms with E-state index in [1.165, 1.54) is 23.9 Å². The first-order chi connectivity index (χ1) is 14.3. The van der Waals surface area contributed by atoms with Crippen LogP contribution in [0, 0.1) is 21.4 Å². The summed E-state index contributed by atoms with van der Waals surface area (Å²) in [5.41, 5.74) is 0.663. The number of aromatic nitrogens is 1. The van der Waals surface area contributed by atoms with Gasteiger partial charge in [0.25, 0.3) is 11.6 Å². The lowest BCUT2D eigenvalue weighted by molar-refractivity contribution is -0.384. The summed E-state index contributed by atoms with van der Waals surface area (Å²) >= 11 is 6.99. The molecule has 0 saturated heterocycles. The van der Waals surface area contributed by atoms with Gasteiger partial charge in [-0.1, -0.05) is 11.6 Å². The van der Waals surface area contributed by atoms with Gasteiger partial charge in [-0.3, -0.25) is 14.9 Å². The summed E-state index contributed by atoms with van der Waals surface area (Å²) in [5, 5.41) is 23.1. The number of hydrogen-bond donors (Lipinski definition) is 1. The average molecular weight is 447 g/mol. The van der Waals surface area contributed by atoms with Crippen molar-refractivity contribution in [1.29, 1.82) is 5.26 Å². The van der Waals surface area contributed by atoms with Crippen LogP contribution in [0.3, 0.4) is 0 Å². The molecule has 1 N–H and O–H groups in total. The maximum absolute atomic E-state index is 12.5. The number of rotatable bonds is 7. The van der Waals surface area contributed by atoms with E-state index >= 15 is 0 Å². The van der Waals surface area contributed by atoms with Gasteiger partial charge in [-0.25, -0.2) is 9.78 Å². The maximum atomic E-state index is 12.5. The van der Waals surface area contributed by atoms with E-state index in [0.29, 0.717) is 5.03 Å². The molecule has 0 aliphatic heterocycles. The van der Waals surface area contributed by atoms with Gasteiger partial charge >= 0.3 is 5.97 Å². The molecule has 1 aromatic heterocycles. The van der Waals surface area contributed by atoms with Crippen molar-refractivity contribution in [2.75, 3.05) is 18.2 Å². The van der Waals surface area contributed by atoms with Crippen LogP contribution in [0.1, 0.15) is 40.4 Å². The van der Waals surface area contributed by atoms with E-state index in [1.807, 2.05) is 6.07 Å². The molecule has 0 spiro atoms. The largest absolute Gasteiger partial charge is 0.452 e. The maximum Gasteiger partial charge on any atom is 0.340 e. The molecule has 154 valence electrons. The number of nitriles is 1. The molecule has 0 radical (unpaired) electrons. The Bertz CT molecular complexity index is 1080. The van der Waals surface area contributed by atoms with Crippen molar-refractivity contribution in [2.45, 2.75) is 23.8 Å². The summed E-state index contributed by atoms with van der Waals surface area (Å²) in [6.07, 6.45) is 3.70. The van der Waals surface area contributed by atoms with Gasteiger partial charge in [-0.15, -0.1) is 11.8 Å². The first-order valence-corrected chi connectivity index (χ1v) is 10.3. The summed E-state index contributed by atoms with van der Waals surface area (Å²) in [6, 6.07) is 7.28. The van der Waals surface area contributed by atoms with E-state index in [4.69, 9.17) is 16.3 Å². The van der Waals surface area contributed by atoms with Gasteiger partial charge in [0.15, 0.2) is 6.61 Å². The molecule has 0 atom stereocenters. The molecular formula is C19H15ClN4O5S. The topological polar surface area (TPSA) is 135 Å². The number of thioether (sulfide) groups is 1. The van der Waals surface area contributed by atoms with Crippen molar-refractivity contribution >= 4 is 46.6 Å². The molecule has 3 rings (SSSR count). The van der Waals surface area contributed by atoms with Crippen molar-refractivity contribution in [3.8, 4) is 6.07 Å². The molecule has 1 aliphatic carbocycles. The van der Waals surface area contributed by atoms with Crippen LogP contribution < -0.4 is 5.32 Å². The number of amides is 1. The van der Waals surface area contributed by atoms with Gasteiger partial charge in [0.05, 0.1) is 16.1 Å². The fourth-order valence-electron chi connectivity index (χ4n) is 2.68. The van der Waals surface area contributed by atoms with Crippen molar-refractivity contribution in [1.82, 2.24) is 4.98 Å². The summed E-state index contributed by atoms with van der Waals surface area (Å²) in [6.45, 7) is -0.629. The molecule has 1 aromatic carbocycles. The average Bonchev–Trinajstić information content (AvgIpc) is 3.57. The van der Waals surface area contributed by atoms with Gasteiger partial charge in [-0.05, 0) is 37.3 Å². The Labute approximate surface area is 180 Å². The molecule has 1 aliphatic rings. The highest BCUT2D eigenvalue weighted by atomic mass is 35.5. The van der Waals surface area contributed by atoms with Crippen LogP contribution in [0.4, 0.5) is 11.4 Å². The van der Waals surface area contributed by atoms with Gasteiger partial charge in [-0.2, -0.15) is 5.26 Å². The third kappa shape index (κ3) is 4.87. The molecule has 2 aromatic rings. The number of nitrogens with zero attached hydrogens (tertiary/aromatic N) is 3. The van der Waals surface area contributed by atoms with Crippen molar-refractivity contribution in [2.24, 2.45) is 0 Å². The van der Waals surface area contributed by atoms with Crippen molar-refractivity contribution in [3.63, 3.8) is 0 Å². The standard InChI is InChI=1S/C19H15ClN4O5S/c1-30-18-13(8-21)12(7-15(23-18)10-2-3-10)19(26)29-9-17(25)22-11-4-5-14(20)16(6-11)24(27)28/h4-7,10H,2-3,9H2,1H3,(H,22,25). The molecular weight excluding hydrogens is 432 g/mol. The number of hydrogen-bond acceptors (Lipinski definition) is 8. The minimum atomic E-state index is -0.816. The third-order valence-electron chi connectivity index (χ3n) is 4.29. The highest BCUT2D eigenvalue weighted by Gasteiger charge is 2.29. The molecule has 1 heterocycles. The van der Waals surface area contributed by atoms with E-state index in [1.54, 1.807) is 12.3 Å². The molecule has 0 bridgehead atoms. The molecule has 0 unspecified atom stereocenters. The molecule has 1 saturated carbocycles. The highest BCUT2D eigenvalue weighted by Crippen LogP contribution is 2.40. The number of carbonyl (C=O) groups excluding carboxylic acids is 2. The van der Waals surface area contributed by atoms with E-state index in [-0.39, 0.29) is 33.4 Å². The quantitative estimate of drug-likeness (QED) is 0.292. The number of esters is 1. The van der Waals surface area contributed by atoms with E-state index in [9.17, 15) is 25.0 Å². The number of carbonyl (C=O) groups is 2. The third-order valence-corrected chi connectivity index (χ3v) is 5.29. The number of anilines is 1. The first kappa shape index (κ1) is 21.5. The monoisotopic (exact) mass is 446 g/mol.